The lowest BCUT2D eigenvalue weighted by Crippen LogP contribution is -2.15. The fourth-order valence-electron chi connectivity index (χ4n) is 2.89. The average molecular weight is 427 g/mol. The zero-order valence-electron chi connectivity index (χ0n) is 17.6. The van der Waals surface area contributed by atoms with Gasteiger partial charge in [0.05, 0.1) is 12.9 Å². The van der Waals surface area contributed by atoms with E-state index < -0.39 is 0 Å². The van der Waals surface area contributed by atoms with Gasteiger partial charge in [0.2, 0.25) is 5.91 Å². The fourth-order valence-corrected chi connectivity index (χ4v) is 3.61. The Labute approximate surface area is 180 Å². The molecule has 0 radical (unpaired) electrons. The number of nitrogens with one attached hydrogen (secondary N) is 1. The minimum absolute atomic E-state index is 0.0884. The highest BCUT2D eigenvalue weighted by Gasteiger charge is 2.18. The third kappa shape index (κ3) is 5.54. The predicted octanol–water partition coefficient (Wildman–Crippen LogP) is 4.26. The topological polar surface area (TPSA) is 78.3 Å². The van der Waals surface area contributed by atoms with Crippen LogP contribution in [0.3, 0.4) is 0 Å². The summed E-state index contributed by atoms with van der Waals surface area (Å²) in [7, 11) is 3.48. The Bertz CT molecular complexity index is 988. The molecule has 0 saturated heterocycles. The molecule has 1 amide bonds. The Hall–Kier alpha value is -3.00. The van der Waals surface area contributed by atoms with Gasteiger partial charge < -0.3 is 19.4 Å². The Balaban J connectivity index is 1.56. The zero-order chi connectivity index (χ0) is 21.5. The number of methoxy groups -OCH3 is 1. The average Bonchev–Trinajstić information content (AvgIpc) is 3.13. The number of hydrogen-bond acceptors (Lipinski definition) is 6. The number of hydrogen-bond donors (Lipinski definition) is 1. The van der Waals surface area contributed by atoms with E-state index in [0.29, 0.717) is 16.7 Å². The van der Waals surface area contributed by atoms with Gasteiger partial charge in [0.25, 0.3) is 0 Å². The van der Waals surface area contributed by atoms with Gasteiger partial charge in [-0.15, -0.1) is 10.2 Å². The quantitative estimate of drug-likeness (QED) is 0.515. The molecule has 1 N–H and O–H groups in total. The summed E-state index contributed by atoms with van der Waals surface area (Å²) in [5.41, 5.74) is 2.02. The third-order valence-electron chi connectivity index (χ3n) is 4.56. The number of carbonyl (C=O) groups is 1. The molecule has 1 atom stereocenters. The van der Waals surface area contributed by atoms with Crippen molar-refractivity contribution in [3.05, 3.63) is 59.9 Å². The Kier molecular flexibility index (Phi) is 7.35. The van der Waals surface area contributed by atoms with Gasteiger partial charge in [-0.25, -0.2) is 0 Å². The summed E-state index contributed by atoms with van der Waals surface area (Å²) < 4.78 is 13.0. The molecule has 0 aliphatic carbocycles. The van der Waals surface area contributed by atoms with E-state index in [2.05, 4.69) is 22.4 Å². The van der Waals surface area contributed by atoms with Crippen molar-refractivity contribution < 1.29 is 14.3 Å². The van der Waals surface area contributed by atoms with E-state index in [1.807, 2.05) is 67.1 Å². The molecule has 3 aromatic rings. The lowest BCUT2D eigenvalue weighted by Gasteiger charge is -2.14. The molecule has 1 unspecified atom stereocenters. The van der Waals surface area contributed by atoms with E-state index in [1.54, 1.807) is 7.11 Å². The third-order valence-corrected chi connectivity index (χ3v) is 5.58. The minimum Gasteiger partial charge on any atom is -0.497 e. The van der Waals surface area contributed by atoms with Crippen LogP contribution in [0.2, 0.25) is 0 Å². The number of benzene rings is 2. The molecule has 0 bridgehead atoms. The van der Waals surface area contributed by atoms with Gasteiger partial charge in [-0.3, -0.25) is 4.79 Å². The second-order valence-electron chi connectivity index (χ2n) is 6.73. The van der Waals surface area contributed by atoms with Crippen molar-refractivity contribution in [1.29, 1.82) is 0 Å². The standard InChI is InChI=1S/C22H26N4O3S/c1-5-16-9-11-17(12-10-16)23-20(27)14-30-22-25-24-21(26(22)3)15(2)29-19-8-6-7-18(13-19)28-4/h6-13,15H,5,14H2,1-4H3,(H,23,27). The number of ether oxygens (including phenoxy) is 2. The van der Waals surface area contributed by atoms with Crippen LogP contribution in [0.1, 0.15) is 31.3 Å². The van der Waals surface area contributed by atoms with Gasteiger partial charge in [-0.05, 0) is 43.2 Å². The van der Waals surface area contributed by atoms with Crippen LogP contribution in [0.4, 0.5) is 5.69 Å². The summed E-state index contributed by atoms with van der Waals surface area (Å²) in [6.45, 7) is 4.01. The van der Waals surface area contributed by atoms with Crippen LogP contribution < -0.4 is 14.8 Å². The number of anilines is 1. The van der Waals surface area contributed by atoms with Gasteiger partial charge >= 0.3 is 0 Å². The first-order valence-electron chi connectivity index (χ1n) is 9.71. The van der Waals surface area contributed by atoms with Crippen LogP contribution in [-0.2, 0) is 18.3 Å². The van der Waals surface area contributed by atoms with Gasteiger partial charge in [0.1, 0.15) is 11.5 Å². The summed E-state index contributed by atoms with van der Waals surface area (Å²) in [6, 6.07) is 15.3. The molecule has 0 aliphatic rings. The molecule has 8 heteroatoms. The molecular weight excluding hydrogens is 400 g/mol. The second kappa shape index (κ2) is 10.2. The maximum Gasteiger partial charge on any atom is 0.234 e. The van der Waals surface area contributed by atoms with Gasteiger partial charge in [-0.2, -0.15) is 0 Å². The molecule has 1 aromatic heterocycles. The van der Waals surface area contributed by atoms with E-state index in [1.165, 1.54) is 17.3 Å². The van der Waals surface area contributed by atoms with Crippen molar-refractivity contribution in [3.63, 3.8) is 0 Å². The number of carbonyl (C=O) groups excluding carboxylic acids is 1. The normalized spacial score (nSPS) is 11.7. The first-order valence-corrected chi connectivity index (χ1v) is 10.7. The van der Waals surface area contributed by atoms with Crippen molar-refractivity contribution in [3.8, 4) is 11.5 Å². The molecule has 1 heterocycles. The molecule has 0 fully saturated rings. The lowest BCUT2D eigenvalue weighted by atomic mass is 10.1. The summed E-state index contributed by atoms with van der Waals surface area (Å²) in [5.74, 6) is 2.24. The minimum atomic E-state index is -0.310. The largest absolute Gasteiger partial charge is 0.497 e. The van der Waals surface area contributed by atoms with E-state index in [9.17, 15) is 4.79 Å². The van der Waals surface area contributed by atoms with Crippen LogP contribution in [0.5, 0.6) is 11.5 Å². The van der Waals surface area contributed by atoms with Crippen LogP contribution in [0.25, 0.3) is 0 Å². The molecule has 0 saturated carbocycles. The van der Waals surface area contributed by atoms with E-state index in [0.717, 1.165) is 17.9 Å². The monoisotopic (exact) mass is 426 g/mol. The molecular formula is C22H26N4O3S. The fraction of sp³-hybridized carbons (Fsp3) is 0.318. The Morgan fingerprint density at radius 3 is 2.60 bits per heavy atom. The lowest BCUT2D eigenvalue weighted by molar-refractivity contribution is -0.113. The predicted molar refractivity (Wildman–Crippen MR) is 118 cm³/mol. The molecule has 158 valence electrons. The highest BCUT2D eigenvalue weighted by molar-refractivity contribution is 7.99. The highest BCUT2D eigenvalue weighted by atomic mass is 32.2. The molecule has 0 spiro atoms. The van der Waals surface area contributed by atoms with Crippen LogP contribution >= 0.6 is 11.8 Å². The molecule has 3 rings (SSSR count). The van der Waals surface area contributed by atoms with Crippen molar-refractivity contribution in [1.82, 2.24) is 14.8 Å². The first kappa shape index (κ1) is 21.7. The van der Waals surface area contributed by atoms with Crippen LogP contribution in [-0.4, -0.2) is 33.5 Å². The highest BCUT2D eigenvalue weighted by Crippen LogP contribution is 2.26. The van der Waals surface area contributed by atoms with E-state index in [4.69, 9.17) is 9.47 Å². The summed E-state index contributed by atoms with van der Waals surface area (Å²) >= 11 is 1.33. The summed E-state index contributed by atoms with van der Waals surface area (Å²) in [6.07, 6.45) is 0.660. The van der Waals surface area contributed by atoms with Crippen molar-refractivity contribution >= 4 is 23.4 Å². The van der Waals surface area contributed by atoms with E-state index >= 15 is 0 Å². The Morgan fingerprint density at radius 1 is 1.17 bits per heavy atom. The molecule has 2 aromatic carbocycles. The van der Waals surface area contributed by atoms with Crippen molar-refractivity contribution in [2.24, 2.45) is 7.05 Å². The number of rotatable bonds is 9. The van der Waals surface area contributed by atoms with Crippen molar-refractivity contribution in [2.75, 3.05) is 18.2 Å². The number of aryl methyl sites for hydroxylation is 1. The number of aromatic nitrogens is 3. The maximum atomic E-state index is 12.3. The zero-order valence-corrected chi connectivity index (χ0v) is 18.4. The Morgan fingerprint density at radius 2 is 1.90 bits per heavy atom. The van der Waals surface area contributed by atoms with Gasteiger partial charge in [-0.1, -0.05) is 36.9 Å². The SMILES string of the molecule is CCc1ccc(NC(=O)CSc2nnc(C(C)Oc3cccc(OC)c3)n2C)cc1. The maximum absolute atomic E-state index is 12.3. The van der Waals surface area contributed by atoms with Crippen molar-refractivity contribution in [2.45, 2.75) is 31.5 Å². The number of thioether (sulfide) groups is 1. The summed E-state index contributed by atoms with van der Waals surface area (Å²) in [5, 5.41) is 12.0. The van der Waals surface area contributed by atoms with Gasteiger partial charge in [0, 0.05) is 18.8 Å². The second-order valence-corrected chi connectivity index (χ2v) is 7.67. The molecule has 0 aliphatic heterocycles. The summed E-state index contributed by atoms with van der Waals surface area (Å²) in [4.78, 5) is 12.3. The van der Waals surface area contributed by atoms with Gasteiger partial charge in [0.15, 0.2) is 17.1 Å². The van der Waals surface area contributed by atoms with Crippen LogP contribution in [0.15, 0.2) is 53.7 Å². The van der Waals surface area contributed by atoms with E-state index in [-0.39, 0.29) is 17.8 Å². The number of amides is 1. The molecule has 7 nitrogen and oxygen atoms in total. The smallest absolute Gasteiger partial charge is 0.234 e. The van der Waals surface area contributed by atoms with Crippen LogP contribution in [0, 0.1) is 0 Å². The molecule has 30 heavy (non-hydrogen) atoms. The first-order chi connectivity index (χ1) is 14.5. The number of nitrogens with zero attached hydrogens (tertiary/aromatic N) is 3.